The maximum Gasteiger partial charge on any atom is 0.330 e. The molecule has 21 heavy (non-hydrogen) atoms. The van der Waals surface area contributed by atoms with Gasteiger partial charge >= 0.3 is 11.7 Å². The highest BCUT2D eigenvalue weighted by atomic mass is 16.6. The van der Waals surface area contributed by atoms with Crippen molar-refractivity contribution in [1.82, 2.24) is 9.55 Å². The Bertz CT molecular complexity index is 577. The molecule has 1 rings (SSSR count). The second-order valence-electron chi connectivity index (χ2n) is 4.57. The lowest BCUT2D eigenvalue weighted by Crippen LogP contribution is -2.34. The Morgan fingerprint density at radius 1 is 1.48 bits per heavy atom. The van der Waals surface area contributed by atoms with Gasteiger partial charge in [-0.15, -0.1) is 0 Å². The summed E-state index contributed by atoms with van der Waals surface area (Å²) < 4.78 is 11.4. The van der Waals surface area contributed by atoms with Crippen molar-refractivity contribution in [3.63, 3.8) is 0 Å². The number of hydrogen-bond donors (Lipinski definition) is 2. The Hall–Kier alpha value is -1.93. The van der Waals surface area contributed by atoms with Gasteiger partial charge < -0.3 is 14.6 Å². The first-order valence-electron chi connectivity index (χ1n) is 6.66. The third-order valence-corrected chi connectivity index (χ3v) is 2.73. The largest absolute Gasteiger partial charge is 0.463 e. The molecule has 0 amide bonds. The average Bonchev–Trinajstić information content (AvgIpc) is 2.44. The van der Waals surface area contributed by atoms with Crippen molar-refractivity contribution in [2.75, 3.05) is 13.2 Å². The second kappa shape index (κ2) is 8.38. The van der Waals surface area contributed by atoms with Crippen molar-refractivity contribution in [2.24, 2.45) is 0 Å². The monoisotopic (exact) mass is 300 g/mol. The molecule has 0 radical (unpaired) electrons. The molecule has 0 saturated heterocycles. The molecule has 1 heterocycles. The highest BCUT2D eigenvalue weighted by Crippen LogP contribution is 1.98. The third kappa shape index (κ3) is 5.52. The van der Waals surface area contributed by atoms with E-state index in [1.165, 1.54) is 6.20 Å². The van der Waals surface area contributed by atoms with E-state index < -0.39 is 17.4 Å². The van der Waals surface area contributed by atoms with Crippen LogP contribution in [0, 0.1) is 6.92 Å². The van der Waals surface area contributed by atoms with Gasteiger partial charge in [0.05, 0.1) is 6.61 Å². The van der Waals surface area contributed by atoms with E-state index >= 15 is 0 Å². The van der Waals surface area contributed by atoms with E-state index in [1.54, 1.807) is 6.92 Å². The first-order chi connectivity index (χ1) is 9.97. The molecule has 8 nitrogen and oxygen atoms in total. The van der Waals surface area contributed by atoms with Gasteiger partial charge in [-0.25, -0.2) is 4.79 Å². The molecule has 0 fully saturated rings. The summed E-state index contributed by atoms with van der Waals surface area (Å²) in [7, 11) is 0. The number of hydrogen-bond acceptors (Lipinski definition) is 6. The summed E-state index contributed by atoms with van der Waals surface area (Å²) in [5, 5.41) is 9.15. The fourth-order valence-corrected chi connectivity index (χ4v) is 1.52. The molecule has 0 saturated carbocycles. The summed E-state index contributed by atoms with van der Waals surface area (Å²) in [6, 6.07) is 0. The van der Waals surface area contributed by atoms with E-state index in [1.807, 2.05) is 6.92 Å². The molecule has 0 spiro atoms. The molecule has 0 aliphatic rings. The van der Waals surface area contributed by atoms with Crippen LogP contribution in [0.4, 0.5) is 0 Å². The van der Waals surface area contributed by atoms with Crippen LogP contribution in [0.15, 0.2) is 15.8 Å². The molecule has 0 unspecified atom stereocenters. The minimum Gasteiger partial charge on any atom is -0.463 e. The molecule has 1 atom stereocenters. The molecule has 0 bridgehead atoms. The fraction of sp³-hybridized carbons (Fsp3) is 0.615. The van der Waals surface area contributed by atoms with Gasteiger partial charge in [0.15, 0.2) is 0 Å². The number of aromatic amines is 1. The molecule has 0 aliphatic carbocycles. The number of aliphatic hydroxyl groups is 1. The zero-order chi connectivity index (χ0) is 15.8. The van der Waals surface area contributed by atoms with Crippen LogP contribution in [0.3, 0.4) is 0 Å². The maximum atomic E-state index is 11.5. The van der Waals surface area contributed by atoms with Gasteiger partial charge in [-0.2, -0.15) is 0 Å². The lowest BCUT2D eigenvalue weighted by atomic mass is 10.3. The zero-order valence-corrected chi connectivity index (χ0v) is 12.1. The summed E-state index contributed by atoms with van der Waals surface area (Å²) in [6.45, 7) is 2.81. The van der Waals surface area contributed by atoms with E-state index in [9.17, 15) is 14.4 Å². The third-order valence-electron chi connectivity index (χ3n) is 2.73. The lowest BCUT2D eigenvalue weighted by molar-refractivity contribution is -0.150. The highest BCUT2D eigenvalue weighted by Gasteiger charge is 2.12. The van der Waals surface area contributed by atoms with Crippen LogP contribution in [0.5, 0.6) is 0 Å². The number of nitrogens with zero attached hydrogens (tertiary/aromatic N) is 1. The van der Waals surface area contributed by atoms with E-state index in [-0.39, 0.29) is 25.9 Å². The Morgan fingerprint density at radius 2 is 2.19 bits per heavy atom. The highest BCUT2D eigenvalue weighted by molar-refractivity contribution is 5.69. The van der Waals surface area contributed by atoms with Crippen molar-refractivity contribution in [1.29, 1.82) is 0 Å². The van der Waals surface area contributed by atoms with Gasteiger partial charge in [-0.1, -0.05) is 6.92 Å². The number of nitrogens with one attached hydrogen (secondary N) is 1. The van der Waals surface area contributed by atoms with Gasteiger partial charge in [0.2, 0.25) is 0 Å². The van der Waals surface area contributed by atoms with Crippen LogP contribution in [-0.4, -0.2) is 39.9 Å². The molecule has 1 aromatic rings. The number of carbonyl (C=O) groups is 1. The number of carbonyl (C=O) groups excluding carboxylic acids is 1. The van der Waals surface area contributed by atoms with Crippen LogP contribution in [0.25, 0.3) is 0 Å². The molecule has 8 heteroatoms. The summed E-state index contributed by atoms with van der Waals surface area (Å²) in [5.74, 6) is -0.364. The Kier molecular flexibility index (Phi) is 6.83. The average molecular weight is 300 g/mol. The predicted octanol–water partition coefficient (Wildman–Crippen LogP) is -0.477. The number of aliphatic hydroxyl groups excluding tert-OH is 1. The quantitative estimate of drug-likeness (QED) is 0.628. The van der Waals surface area contributed by atoms with E-state index in [4.69, 9.17) is 14.6 Å². The van der Waals surface area contributed by atoms with E-state index in [0.717, 1.165) is 4.57 Å². The molecule has 0 aromatic carbocycles. The van der Waals surface area contributed by atoms with Crippen LogP contribution >= 0.6 is 0 Å². The Morgan fingerprint density at radius 3 is 2.81 bits per heavy atom. The first kappa shape index (κ1) is 17.1. The minimum absolute atomic E-state index is 0.0909. The molecular weight excluding hydrogens is 280 g/mol. The van der Waals surface area contributed by atoms with Crippen molar-refractivity contribution < 1.29 is 19.4 Å². The van der Waals surface area contributed by atoms with Gasteiger partial charge in [-0.05, 0) is 13.3 Å². The lowest BCUT2D eigenvalue weighted by Gasteiger charge is -2.16. The van der Waals surface area contributed by atoms with E-state index in [0.29, 0.717) is 18.4 Å². The van der Waals surface area contributed by atoms with Gasteiger partial charge in [0.25, 0.3) is 5.56 Å². The van der Waals surface area contributed by atoms with Crippen LogP contribution < -0.4 is 11.2 Å². The Labute approximate surface area is 121 Å². The number of aryl methyl sites for hydroxylation is 1. The van der Waals surface area contributed by atoms with Gasteiger partial charge in [-0.3, -0.25) is 19.1 Å². The molecule has 0 aliphatic heterocycles. The number of ether oxygens (including phenoxy) is 2. The number of rotatable bonds is 8. The SMILES string of the molecule is CCCC(=O)OC[C@@H](CO)OCn1cc(C)c(=O)[nH]c1=O. The van der Waals surface area contributed by atoms with Crippen molar-refractivity contribution >= 4 is 5.97 Å². The summed E-state index contributed by atoms with van der Waals surface area (Å²) in [4.78, 5) is 36.1. The smallest absolute Gasteiger partial charge is 0.330 e. The predicted molar refractivity (Wildman–Crippen MR) is 73.9 cm³/mol. The molecular formula is C13H20N2O6. The molecule has 1 aromatic heterocycles. The van der Waals surface area contributed by atoms with Crippen LogP contribution in [0.2, 0.25) is 0 Å². The standard InChI is InChI=1S/C13H20N2O6/c1-3-4-11(17)20-7-10(6-16)21-8-15-5-9(2)12(18)14-13(15)19/h5,10,16H,3-4,6-8H2,1-2H3,(H,14,18,19)/t10-/m1/s1. The molecule has 118 valence electrons. The summed E-state index contributed by atoms with van der Waals surface area (Å²) in [6.07, 6.45) is 1.61. The maximum absolute atomic E-state index is 11.5. The minimum atomic E-state index is -0.732. The summed E-state index contributed by atoms with van der Waals surface area (Å²) in [5.41, 5.74) is -0.693. The topological polar surface area (TPSA) is 111 Å². The second-order valence-corrected chi connectivity index (χ2v) is 4.57. The molecule has 2 N–H and O–H groups in total. The van der Waals surface area contributed by atoms with Crippen molar-refractivity contribution in [3.05, 3.63) is 32.6 Å². The van der Waals surface area contributed by atoms with Gasteiger partial charge in [0.1, 0.15) is 19.4 Å². The first-order valence-corrected chi connectivity index (χ1v) is 6.66. The fourth-order valence-electron chi connectivity index (χ4n) is 1.52. The zero-order valence-electron chi connectivity index (χ0n) is 12.1. The van der Waals surface area contributed by atoms with Gasteiger partial charge in [0, 0.05) is 18.2 Å². The Balaban J connectivity index is 2.55. The number of H-pyrrole nitrogens is 1. The van der Waals surface area contributed by atoms with Crippen LogP contribution in [0.1, 0.15) is 25.3 Å². The van der Waals surface area contributed by atoms with E-state index in [2.05, 4.69) is 4.98 Å². The van der Waals surface area contributed by atoms with Crippen LogP contribution in [-0.2, 0) is 21.0 Å². The number of aromatic nitrogens is 2. The van der Waals surface area contributed by atoms with Crippen molar-refractivity contribution in [2.45, 2.75) is 39.5 Å². The summed E-state index contributed by atoms with van der Waals surface area (Å²) >= 11 is 0. The van der Waals surface area contributed by atoms with Crippen molar-refractivity contribution in [3.8, 4) is 0 Å². The normalized spacial score (nSPS) is 12.1. The number of esters is 1.